The first-order chi connectivity index (χ1) is 10.7. The Balaban J connectivity index is 1.80. The SMILES string of the molecule is CN1CCN(C(=O)c2ccccc2Oc2cccnc2)CC1. The van der Waals surface area contributed by atoms with Gasteiger partial charge in [0.15, 0.2) is 0 Å². The maximum Gasteiger partial charge on any atom is 0.257 e. The second-order valence-corrected chi connectivity index (χ2v) is 5.38. The van der Waals surface area contributed by atoms with E-state index in [1.165, 1.54) is 0 Å². The van der Waals surface area contributed by atoms with Crippen LogP contribution in [0.25, 0.3) is 0 Å². The summed E-state index contributed by atoms with van der Waals surface area (Å²) in [5, 5.41) is 0. The van der Waals surface area contributed by atoms with Crippen LogP contribution in [0, 0.1) is 0 Å². The van der Waals surface area contributed by atoms with Gasteiger partial charge in [0.05, 0.1) is 11.8 Å². The average Bonchev–Trinajstić information content (AvgIpc) is 2.56. The molecule has 0 radical (unpaired) electrons. The molecule has 0 N–H and O–H groups in total. The molecule has 1 fully saturated rings. The highest BCUT2D eigenvalue weighted by atomic mass is 16.5. The summed E-state index contributed by atoms with van der Waals surface area (Å²) in [6, 6.07) is 11.0. The number of amides is 1. The lowest BCUT2D eigenvalue weighted by Gasteiger charge is -2.32. The van der Waals surface area contributed by atoms with Crippen molar-refractivity contribution in [1.82, 2.24) is 14.8 Å². The van der Waals surface area contributed by atoms with Gasteiger partial charge >= 0.3 is 0 Å². The Labute approximate surface area is 130 Å². The summed E-state index contributed by atoms with van der Waals surface area (Å²) in [7, 11) is 2.07. The van der Waals surface area contributed by atoms with Crippen molar-refractivity contribution in [2.45, 2.75) is 0 Å². The highest BCUT2D eigenvalue weighted by Crippen LogP contribution is 2.25. The number of ether oxygens (including phenoxy) is 1. The van der Waals surface area contributed by atoms with Crippen molar-refractivity contribution in [2.24, 2.45) is 0 Å². The molecule has 1 aromatic heterocycles. The zero-order valence-electron chi connectivity index (χ0n) is 12.6. The zero-order chi connectivity index (χ0) is 15.4. The maximum atomic E-state index is 12.7. The number of carbonyl (C=O) groups is 1. The molecule has 0 spiro atoms. The average molecular weight is 297 g/mol. The molecule has 0 atom stereocenters. The molecule has 114 valence electrons. The van der Waals surface area contributed by atoms with Gasteiger partial charge in [-0.15, -0.1) is 0 Å². The van der Waals surface area contributed by atoms with Crippen LogP contribution in [0.5, 0.6) is 11.5 Å². The normalized spacial score (nSPS) is 15.6. The Morgan fingerprint density at radius 3 is 2.59 bits per heavy atom. The third-order valence-corrected chi connectivity index (χ3v) is 3.77. The fourth-order valence-electron chi connectivity index (χ4n) is 2.45. The Kier molecular flexibility index (Phi) is 4.34. The molecule has 5 nitrogen and oxygen atoms in total. The molecule has 0 aliphatic carbocycles. The van der Waals surface area contributed by atoms with Crippen molar-refractivity contribution in [3.05, 3.63) is 54.4 Å². The number of pyridine rings is 1. The number of carbonyl (C=O) groups excluding carboxylic acids is 1. The summed E-state index contributed by atoms with van der Waals surface area (Å²) < 4.78 is 5.82. The number of para-hydroxylation sites is 1. The van der Waals surface area contributed by atoms with Crippen molar-refractivity contribution in [3.8, 4) is 11.5 Å². The Hall–Kier alpha value is -2.40. The smallest absolute Gasteiger partial charge is 0.257 e. The van der Waals surface area contributed by atoms with Crippen LogP contribution in [0.3, 0.4) is 0 Å². The highest BCUT2D eigenvalue weighted by Gasteiger charge is 2.23. The molecular weight excluding hydrogens is 278 g/mol. The van der Waals surface area contributed by atoms with Crippen LogP contribution in [0.15, 0.2) is 48.8 Å². The minimum absolute atomic E-state index is 0.0209. The van der Waals surface area contributed by atoms with E-state index < -0.39 is 0 Å². The standard InChI is InChI=1S/C17H19N3O2/c1-19-9-11-20(12-10-19)17(21)15-6-2-3-7-16(15)22-14-5-4-8-18-13-14/h2-8,13H,9-12H2,1H3. The third-order valence-electron chi connectivity index (χ3n) is 3.77. The van der Waals surface area contributed by atoms with Crippen molar-refractivity contribution >= 4 is 5.91 Å². The molecule has 0 bridgehead atoms. The molecule has 2 aromatic rings. The number of benzene rings is 1. The lowest BCUT2D eigenvalue weighted by molar-refractivity contribution is 0.0661. The predicted octanol–water partition coefficient (Wildman–Crippen LogP) is 2.26. The summed E-state index contributed by atoms with van der Waals surface area (Å²) in [5.41, 5.74) is 0.593. The quantitative estimate of drug-likeness (QED) is 0.872. The molecule has 22 heavy (non-hydrogen) atoms. The van der Waals surface area contributed by atoms with E-state index in [-0.39, 0.29) is 5.91 Å². The largest absolute Gasteiger partial charge is 0.455 e. The van der Waals surface area contributed by atoms with Crippen LogP contribution >= 0.6 is 0 Å². The van der Waals surface area contributed by atoms with Crippen LogP contribution in [-0.2, 0) is 0 Å². The maximum absolute atomic E-state index is 12.7. The van der Waals surface area contributed by atoms with Gasteiger partial charge in [-0.25, -0.2) is 0 Å². The van der Waals surface area contributed by atoms with Crippen LogP contribution in [0.4, 0.5) is 0 Å². The number of hydrogen-bond acceptors (Lipinski definition) is 4. The lowest BCUT2D eigenvalue weighted by Crippen LogP contribution is -2.47. The van der Waals surface area contributed by atoms with Gasteiger partial charge in [0, 0.05) is 32.4 Å². The van der Waals surface area contributed by atoms with Crippen LogP contribution in [0.1, 0.15) is 10.4 Å². The first kappa shape index (κ1) is 14.5. The van der Waals surface area contributed by atoms with Crippen LogP contribution < -0.4 is 4.74 Å². The first-order valence-electron chi connectivity index (χ1n) is 7.39. The van der Waals surface area contributed by atoms with Gasteiger partial charge in [0.2, 0.25) is 0 Å². The highest BCUT2D eigenvalue weighted by molar-refractivity contribution is 5.97. The fourth-order valence-corrected chi connectivity index (χ4v) is 2.45. The van der Waals surface area contributed by atoms with Crippen LogP contribution in [-0.4, -0.2) is 53.9 Å². The Morgan fingerprint density at radius 1 is 1.09 bits per heavy atom. The summed E-state index contributed by atoms with van der Waals surface area (Å²) in [6.45, 7) is 3.29. The molecule has 3 rings (SSSR count). The van der Waals surface area contributed by atoms with Gasteiger partial charge in [-0.1, -0.05) is 12.1 Å². The molecule has 1 saturated heterocycles. The number of rotatable bonds is 3. The molecule has 1 aliphatic rings. The van der Waals surface area contributed by atoms with Crippen LogP contribution in [0.2, 0.25) is 0 Å². The van der Waals surface area contributed by atoms with Gasteiger partial charge in [0.25, 0.3) is 5.91 Å². The zero-order valence-corrected chi connectivity index (χ0v) is 12.6. The van der Waals surface area contributed by atoms with Gasteiger partial charge in [-0.2, -0.15) is 0 Å². The van der Waals surface area contributed by atoms with E-state index >= 15 is 0 Å². The van der Waals surface area contributed by atoms with E-state index in [0.29, 0.717) is 17.1 Å². The Morgan fingerprint density at radius 2 is 1.86 bits per heavy atom. The molecule has 2 heterocycles. The molecule has 0 saturated carbocycles. The van der Waals surface area contributed by atoms with Gasteiger partial charge < -0.3 is 14.5 Å². The summed E-state index contributed by atoms with van der Waals surface area (Å²) in [5.74, 6) is 1.22. The monoisotopic (exact) mass is 297 g/mol. The third kappa shape index (κ3) is 3.26. The number of hydrogen-bond donors (Lipinski definition) is 0. The number of aromatic nitrogens is 1. The van der Waals surface area contributed by atoms with E-state index in [0.717, 1.165) is 26.2 Å². The summed E-state index contributed by atoms with van der Waals surface area (Å²) >= 11 is 0. The molecule has 1 aromatic carbocycles. The number of likely N-dealkylation sites (N-methyl/N-ethyl adjacent to an activating group) is 1. The number of nitrogens with zero attached hydrogens (tertiary/aromatic N) is 3. The fraction of sp³-hybridized carbons (Fsp3) is 0.294. The van der Waals surface area contributed by atoms with Gasteiger partial charge in [0.1, 0.15) is 11.5 Å². The molecule has 1 aliphatic heterocycles. The van der Waals surface area contributed by atoms with E-state index in [1.54, 1.807) is 18.5 Å². The molecule has 1 amide bonds. The summed E-state index contributed by atoms with van der Waals surface area (Å²) in [4.78, 5) is 20.9. The van der Waals surface area contributed by atoms with Gasteiger partial charge in [-0.3, -0.25) is 9.78 Å². The topological polar surface area (TPSA) is 45.7 Å². The molecular formula is C17H19N3O2. The second-order valence-electron chi connectivity index (χ2n) is 5.38. The lowest BCUT2D eigenvalue weighted by atomic mass is 10.1. The first-order valence-corrected chi connectivity index (χ1v) is 7.39. The minimum atomic E-state index is 0.0209. The van der Waals surface area contributed by atoms with E-state index in [1.807, 2.05) is 35.2 Å². The van der Waals surface area contributed by atoms with Crippen molar-refractivity contribution in [3.63, 3.8) is 0 Å². The molecule has 5 heteroatoms. The van der Waals surface area contributed by atoms with E-state index in [9.17, 15) is 4.79 Å². The van der Waals surface area contributed by atoms with E-state index in [4.69, 9.17) is 4.74 Å². The minimum Gasteiger partial charge on any atom is -0.455 e. The van der Waals surface area contributed by atoms with Crippen molar-refractivity contribution in [1.29, 1.82) is 0 Å². The predicted molar refractivity (Wildman–Crippen MR) is 84.2 cm³/mol. The Bertz CT molecular complexity index is 637. The molecule has 0 unspecified atom stereocenters. The van der Waals surface area contributed by atoms with Crippen molar-refractivity contribution in [2.75, 3.05) is 33.2 Å². The number of piperazine rings is 1. The summed E-state index contributed by atoms with van der Waals surface area (Å²) in [6.07, 6.45) is 3.32. The second kappa shape index (κ2) is 6.58. The van der Waals surface area contributed by atoms with Gasteiger partial charge in [-0.05, 0) is 31.3 Å². The van der Waals surface area contributed by atoms with E-state index in [2.05, 4.69) is 16.9 Å². The van der Waals surface area contributed by atoms with Crippen molar-refractivity contribution < 1.29 is 9.53 Å².